The Balaban J connectivity index is 1.71. The van der Waals surface area contributed by atoms with E-state index in [2.05, 4.69) is 15.3 Å². The van der Waals surface area contributed by atoms with Crippen molar-refractivity contribution in [1.82, 2.24) is 9.97 Å². The number of hydrogen-bond acceptors (Lipinski definition) is 3. The summed E-state index contributed by atoms with van der Waals surface area (Å²) in [5.74, 6) is 1.70. The van der Waals surface area contributed by atoms with E-state index in [-0.39, 0.29) is 0 Å². The van der Waals surface area contributed by atoms with Gasteiger partial charge in [-0.15, -0.1) is 0 Å². The molecule has 0 bridgehead atoms. The van der Waals surface area contributed by atoms with E-state index in [9.17, 15) is 0 Å². The molecule has 1 heterocycles. The fourth-order valence-corrected chi connectivity index (χ4v) is 2.40. The molecule has 1 N–H and O–H groups in total. The summed E-state index contributed by atoms with van der Waals surface area (Å²) in [5, 5.41) is 3.31. The van der Waals surface area contributed by atoms with Gasteiger partial charge in [0.25, 0.3) is 0 Å². The number of aromatic nitrogens is 2. The number of nitrogens with one attached hydrogen (secondary N) is 1. The number of rotatable bonds is 4. The van der Waals surface area contributed by atoms with Gasteiger partial charge in [-0.2, -0.15) is 0 Å². The Morgan fingerprint density at radius 3 is 2.88 bits per heavy atom. The zero-order valence-corrected chi connectivity index (χ0v) is 10.1. The first kappa shape index (κ1) is 11.4. The Morgan fingerprint density at radius 1 is 1.31 bits per heavy atom. The first-order chi connectivity index (χ1) is 7.84. The van der Waals surface area contributed by atoms with Gasteiger partial charge in [0, 0.05) is 18.4 Å². The van der Waals surface area contributed by atoms with Gasteiger partial charge in [-0.05, 0) is 25.3 Å². The maximum Gasteiger partial charge on any atom is 0.222 e. The lowest BCUT2D eigenvalue weighted by atomic mass is 9.87. The molecule has 0 amide bonds. The van der Waals surface area contributed by atoms with Crippen molar-refractivity contribution in [2.24, 2.45) is 5.92 Å². The van der Waals surface area contributed by atoms with Crippen LogP contribution in [0.3, 0.4) is 0 Å². The molecular formula is C13H21N3. The smallest absolute Gasteiger partial charge is 0.222 e. The van der Waals surface area contributed by atoms with Gasteiger partial charge in [0.2, 0.25) is 5.95 Å². The van der Waals surface area contributed by atoms with Crippen LogP contribution in [0, 0.1) is 12.8 Å². The quantitative estimate of drug-likeness (QED) is 0.845. The van der Waals surface area contributed by atoms with E-state index in [0.717, 1.165) is 24.1 Å². The van der Waals surface area contributed by atoms with Gasteiger partial charge in [-0.1, -0.05) is 32.1 Å². The Bertz CT molecular complexity index is 319. The van der Waals surface area contributed by atoms with E-state index in [1.54, 1.807) is 0 Å². The highest BCUT2D eigenvalue weighted by molar-refractivity contribution is 5.24. The lowest BCUT2D eigenvalue weighted by Gasteiger charge is -2.21. The fraction of sp³-hybridized carbons (Fsp3) is 0.692. The lowest BCUT2D eigenvalue weighted by Crippen LogP contribution is -2.13. The normalized spacial score (nSPS) is 17.3. The third kappa shape index (κ3) is 3.47. The molecule has 0 saturated heterocycles. The molecule has 88 valence electrons. The average Bonchev–Trinajstić information content (AvgIpc) is 2.30. The van der Waals surface area contributed by atoms with Crippen LogP contribution in [0.1, 0.15) is 44.2 Å². The number of hydrogen-bond donors (Lipinski definition) is 1. The van der Waals surface area contributed by atoms with Crippen LogP contribution in [-0.4, -0.2) is 16.5 Å². The fourth-order valence-electron chi connectivity index (χ4n) is 2.40. The molecule has 16 heavy (non-hydrogen) atoms. The van der Waals surface area contributed by atoms with E-state index < -0.39 is 0 Å². The van der Waals surface area contributed by atoms with Crippen LogP contribution in [0.2, 0.25) is 0 Å². The SMILES string of the molecule is Cc1ccnc(NCCC2CCCCC2)n1. The molecule has 1 fully saturated rings. The topological polar surface area (TPSA) is 37.8 Å². The zero-order chi connectivity index (χ0) is 11.2. The minimum atomic E-state index is 0.774. The second kappa shape index (κ2) is 5.83. The van der Waals surface area contributed by atoms with Gasteiger partial charge < -0.3 is 5.32 Å². The van der Waals surface area contributed by atoms with Crippen LogP contribution in [0.25, 0.3) is 0 Å². The van der Waals surface area contributed by atoms with Crippen molar-refractivity contribution >= 4 is 5.95 Å². The molecule has 3 heteroatoms. The van der Waals surface area contributed by atoms with Crippen LogP contribution in [0.15, 0.2) is 12.3 Å². The molecule has 2 rings (SSSR count). The third-order valence-electron chi connectivity index (χ3n) is 3.36. The molecule has 0 radical (unpaired) electrons. The van der Waals surface area contributed by atoms with E-state index >= 15 is 0 Å². The van der Waals surface area contributed by atoms with Crippen LogP contribution < -0.4 is 5.32 Å². The minimum Gasteiger partial charge on any atom is -0.354 e. The van der Waals surface area contributed by atoms with Crippen molar-refractivity contribution in [2.45, 2.75) is 45.4 Å². The standard InChI is InChI=1S/C13H21N3/c1-11-7-9-14-13(16-11)15-10-8-12-5-3-2-4-6-12/h7,9,12H,2-6,8,10H2,1H3,(H,14,15,16). The number of aryl methyl sites for hydroxylation is 1. The van der Waals surface area contributed by atoms with Crippen LogP contribution >= 0.6 is 0 Å². The molecule has 1 saturated carbocycles. The van der Waals surface area contributed by atoms with E-state index in [4.69, 9.17) is 0 Å². The Kier molecular flexibility index (Phi) is 4.14. The number of nitrogens with zero attached hydrogens (tertiary/aromatic N) is 2. The highest BCUT2D eigenvalue weighted by Gasteiger charge is 2.12. The van der Waals surface area contributed by atoms with Gasteiger partial charge >= 0.3 is 0 Å². The van der Waals surface area contributed by atoms with Gasteiger partial charge in [0.05, 0.1) is 0 Å². The summed E-state index contributed by atoms with van der Waals surface area (Å²) >= 11 is 0. The molecule has 3 nitrogen and oxygen atoms in total. The zero-order valence-electron chi connectivity index (χ0n) is 10.1. The van der Waals surface area contributed by atoms with Gasteiger partial charge in [0.15, 0.2) is 0 Å². The first-order valence-corrected chi connectivity index (χ1v) is 6.38. The first-order valence-electron chi connectivity index (χ1n) is 6.38. The van der Waals surface area contributed by atoms with Gasteiger partial charge in [0.1, 0.15) is 0 Å². The molecule has 1 aliphatic rings. The molecule has 0 aromatic carbocycles. The summed E-state index contributed by atoms with van der Waals surface area (Å²) in [6.45, 7) is 3.00. The van der Waals surface area contributed by atoms with Crippen molar-refractivity contribution in [3.63, 3.8) is 0 Å². The second-order valence-corrected chi connectivity index (χ2v) is 4.74. The van der Waals surface area contributed by atoms with Crippen LogP contribution in [0.5, 0.6) is 0 Å². The monoisotopic (exact) mass is 219 g/mol. The largest absolute Gasteiger partial charge is 0.354 e. The van der Waals surface area contributed by atoms with E-state index in [0.29, 0.717) is 0 Å². The molecule has 1 aromatic heterocycles. The molecule has 0 atom stereocenters. The van der Waals surface area contributed by atoms with Crippen molar-refractivity contribution in [1.29, 1.82) is 0 Å². The Morgan fingerprint density at radius 2 is 2.12 bits per heavy atom. The summed E-state index contributed by atoms with van der Waals surface area (Å²) in [5.41, 5.74) is 1.02. The van der Waals surface area contributed by atoms with Crippen LogP contribution in [0.4, 0.5) is 5.95 Å². The summed E-state index contributed by atoms with van der Waals surface area (Å²) in [6.07, 6.45) is 10.2. The molecule has 1 aromatic rings. The maximum absolute atomic E-state index is 4.33. The minimum absolute atomic E-state index is 0.774. The molecule has 0 aliphatic heterocycles. The molecule has 0 spiro atoms. The Hall–Kier alpha value is -1.12. The highest BCUT2D eigenvalue weighted by Crippen LogP contribution is 2.25. The lowest BCUT2D eigenvalue weighted by molar-refractivity contribution is 0.345. The number of anilines is 1. The van der Waals surface area contributed by atoms with Crippen molar-refractivity contribution in [3.05, 3.63) is 18.0 Å². The van der Waals surface area contributed by atoms with Gasteiger partial charge in [-0.25, -0.2) is 9.97 Å². The predicted octanol–water partition coefficient (Wildman–Crippen LogP) is 3.17. The second-order valence-electron chi connectivity index (χ2n) is 4.74. The van der Waals surface area contributed by atoms with E-state index in [1.165, 1.54) is 38.5 Å². The van der Waals surface area contributed by atoms with Crippen LogP contribution in [-0.2, 0) is 0 Å². The summed E-state index contributed by atoms with van der Waals surface area (Å²) in [6, 6.07) is 1.92. The van der Waals surface area contributed by atoms with Gasteiger partial charge in [-0.3, -0.25) is 0 Å². The highest BCUT2D eigenvalue weighted by atomic mass is 15.1. The summed E-state index contributed by atoms with van der Waals surface area (Å²) in [7, 11) is 0. The van der Waals surface area contributed by atoms with Crippen molar-refractivity contribution in [3.8, 4) is 0 Å². The summed E-state index contributed by atoms with van der Waals surface area (Å²) < 4.78 is 0. The summed E-state index contributed by atoms with van der Waals surface area (Å²) in [4.78, 5) is 8.53. The molecule has 1 aliphatic carbocycles. The maximum atomic E-state index is 4.33. The molecule has 0 unspecified atom stereocenters. The predicted molar refractivity (Wildman–Crippen MR) is 66.5 cm³/mol. The third-order valence-corrected chi connectivity index (χ3v) is 3.36. The Labute approximate surface area is 97.7 Å². The average molecular weight is 219 g/mol. The van der Waals surface area contributed by atoms with E-state index in [1.807, 2.05) is 19.2 Å². The van der Waals surface area contributed by atoms with Crippen molar-refractivity contribution < 1.29 is 0 Å². The molecular weight excluding hydrogens is 198 g/mol. The van der Waals surface area contributed by atoms with Crippen molar-refractivity contribution in [2.75, 3.05) is 11.9 Å².